The van der Waals surface area contributed by atoms with Crippen molar-refractivity contribution in [3.05, 3.63) is 0 Å². The Morgan fingerprint density at radius 1 is 0.800 bits per heavy atom. The van der Waals surface area contributed by atoms with Crippen LogP contribution in [0.3, 0.4) is 0 Å². The number of hydrogen-bond acceptors (Lipinski definition) is 2. The molecule has 2 atom stereocenters. The largest absolute Gasteiger partial charge is 0.326 e. The number of halogens is 1. The van der Waals surface area contributed by atoms with Crippen molar-refractivity contribution in [2.75, 3.05) is 0 Å². The average molecular weight is 165 g/mol. The van der Waals surface area contributed by atoms with E-state index < -0.39 is 0 Å². The van der Waals surface area contributed by atoms with E-state index in [1.807, 2.05) is 0 Å². The van der Waals surface area contributed by atoms with Gasteiger partial charge in [0.05, 0.1) is 0 Å². The molecule has 10 heavy (non-hydrogen) atoms. The first kappa shape index (κ1) is 10.2. The van der Waals surface area contributed by atoms with Crippen LogP contribution in [-0.4, -0.2) is 12.1 Å². The SMILES string of the molecule is Cl.N[C@@H]1CCCCC[C@H]1N. The summed E-state index contributed by atoms with van der Waals surface area (Å²) in [6.07, 6.45) is 6.12. The minimum atomic E-state index is 0. The van der Waals surface area contributed by atoms with Gasteiger partial charge in [-0.2, -0.15) is 0 Å². The van der Waals surface area contributed by atoms with E-state index in [1.54, 1.807) is 0 Å². The average Bonchev–Trinajstić information content (AvgIpc) is 1.99. The van der Waals surface area contributed by atoms with E-state index in [1.165, 1.54) is 19.3 Å². The summed E-state index contributed by atoms with van der Waals surface area (Å²) in [4.78, 5) is 0. The van der Waals surface area contributed by atoms with E-state index in [0.717, 1.165) is 12.8 Å². The minimum Gasteiger partial charge on any atom is -0.326 e. The van der Waals surface area contributed by atoms with Crippen molar-refractivity contribution in [3.8, 4) is 0 Å². The molecular formula is C7H17ClN2. The molecule has 0 aromatic rings. The molecule has 1 saturated carbocycles. The summed E-state index contributed by atoms with van der Waals surface area (Å²) in [5.74, 6) is 0. The van der Waals surface area contributed by atoms with Crippen LogP contribution in [0.15, 0.2) is 0 Å². The number of hydrogen-bond donors (Lipinski definition) is 2. The Bertz CT molecular complexity index is 77.7. The number of nitrogens with two attached hydrogens (primary N) is 2. The van der Waals surface area contributed by atoms with Gasteiger partial charge in [0.2, 0.25) is 0 Å². The van der Waals surface area contributed by atoms with Gasteiger partial charge in [0, 0.05) is 12.1 Å². The quantitative estimate of drug-likeness (QED) is 0.526. The Morgan fingerprint density at radius 2 is 1.20 bits per heavy atom. The summed E-state index contributed by atoms with van der Waals surface area (Å²) in [6, 6.07) is 0.542. The zero-order chi connectivity index (χ0) is 6.69. The molecule has 62 valence electrons. The molecule has 0 aliphatic heterocycles. The van der Waals surface area contributed by atoms with Gasteiger partial charge in [0.1, 0.15) is 0 Å². The van der Waals surface area contributed by atoms with Gasteiger partial charge >= 0.3 is 0 Å². The maximum atomic E-state index is 5.75. The highest BCUT2D eigenvalue weighted by Crippen LogP contribution is 2.14. The molecule has 0 spiro atoms. The highest BCUT2D eigenvalue weighted by Gasteiger charge is 2.15. The second-order valence-electron chi connectivity index (χ2n) is 2.97. The summed E-state index contributed by atoms with van der Waals surface area (Å²) < 4.78 is 0. The maximum Gasteiger partial charge on any atom is 0.0192 e. The lowest BCUT2D eigenvalue weighted by Crippen LogP contribution is -2.40. The minimum absolute atomic E-state index is 0. The third-order valence-electron chi connectivity index (χ3n) is 2.12. The highest BCUT2D eigenvalue weighted by atomic mass is 35.5. The van der Waals surface area contributed by atoms with Crippen LogP contribution in [0.2, 0.25) is 0 Å². The molecule has 1 aliphatic rings. The fourth-order valence-corrected chi connectivity index (χ4v) is 1.37. The second-order valence-corrected chi connectivity index (χ2v) is 2.97. The Labute approximate surface area is 68.8 Å². The topological polar surface area (TPSA) is 52.0 Å². The Kier molecular flexibility index (Phi) is 5.04. The van der Waals surface area contributed by atoms with Crippen LogP contribution in [0.5, 0.6) is 0 Å². The summed E-state index contributed by atoms with van der Waals surface area (Å²) in [5, 5.41) is 0. The van der Waals surface area contributed by atoms with Crippen molar-refractivity contribution >= 4 is 12.4 Å². The van der Waals surface area contributed by atoms with Gasteiger partial charge in [-0.05, 0) is 12.8 Å². The summed E-state index contributed by atoms with van der Waals surface area (Å²) >= 11 is 0. The van der Waals surface area contributed by atoms with Crippen LogP contribution in [0.1, 0.15) is 32.1 Å². The molecule has 0 bridgehead atoms. The zero-order valence-corrected chi connectivity index (χ0v) is 7.07. The van der Waals surface area contributed by atoms with Gasteiger partial charge in [-0.25, -0.2) is 0 Å². The molecule has 2 nitrogen and oxygen atoms in total. The van der Waals surface area contributed by atoms with Gasteiger partial charge in [-0.3, -0.25) is 0 Å². The van der Waals surface area contributed by atoms with Crippen molar-refractivity contribution in [2.45, 2.75) is 44.2 Å². The molecule has 0 amide bonds. The molecular weight excluding hydrogens is 148 g/mol. The molecule has 0 aromatic carbocycles. The van der Waals surface area contributed by atoms with Gasteiger partial charge < -0.3 is 11.5 Å². The lowest BCUT2D eigenvalue weighted by Gasteiger charge is -2.14. The highest BCUT2D eigenvalue weighted by molar-refractivity contribution is 5.85. The summed E-state index contributed by atoms with van der Waals surface area (Å²) in [6.45, 7) is 0. The standard InChI is InChI=1S/C7H16N2.ClH/c8-6-4-2-1-3-5-7(6)9;/h6-7H,1-5,8-9H2;1H/t6-,7-;/m1./s1. The van der Waals surface area contributed by atoms with Gasteiger partial charge in [-0.15, -0.1) is 12.4 Å². The van der Waals surface area contributed by atoms with E-state index in [0.29, 0.717) is 0 Å². The molecule has 0 aromatic heterocycles. The predicted octanol–water partition coefficient (Wildman–Crippen LogP) is 1.03. The third-order valence-corrected chi connectivity index (χ3v) is 2.12. The monoisotopic (exact) mass is 164 g/mol. The van der Waals surface area contributed by atoms with Crippen molar-refractivity contribution < 1.29 is 0 Å². The fourth-order valence-electron chi connectivity index (χ4n) is 1.37. The second kappa shape index (κ2) is 4.94. The molecule has 1 aliphatic carbocycles. The normalized spacial score (nSPS) is 34.2. The zero-order valence-electron chi connectivity index (χ0n) is 6.25. The third kappa shape index (κ3) is 2.86. The summed E-state index contributed by atoms with van der Waals surface area (Å²) in [5.41, 5.74) is 11.5. The Hall–Kier alpha value is 0.210. The van der Waals surface area contributed by atoms with Crippen molar-refractivity contribution in [2.24, 2.45) is 11.5 Å². The van der Waals surface area contributed by atoms with Crippen molar-refractivity contribution in [1.82, 2.24) is 0 Å². The van der Waals surface area contributed by atoms with E-state index in [-0.39, 0.29) is 24.5 Å². The van der Waals surface area contributed by atoms with Crippen molar-refractivity contribution in [1.29, 1.82) is 0 Å². The van der Waals surface area contributed by atoms with Crippen LogP contribution in [0.25, 0.3) is 0 Å². The molecule has 0 saturated heterocycles. The molecule has 0 radical (unpaired) electrons. The molecule has 0 unspecified atom stereocenters. The molecule has 0 heterocycles. The summed E-state index contributed by atoms with van der Waals surface area (Å²) in [7, 11) is 0. The predicted molar refractivity (Wildman–Crippen MR) is 46.3 cm³/mol. The first-order valence-electron chi connectivity index (χ1n) is 3.82. The maximum absolute atomic E-state index is 5.75. The van der Waals surface area contributed by atoms with E-state index in [4.69, 9.17) is 11.5 Å². The van der Waals surface area contributed by atoms with Crippen molar-refractivity contribution in [3.63, 3.8) is 0 Å². The first-order chi connectivity index (χ1) is 4.30. The first-order valence-corrected chi connectivity index (χ1v) is 3.82. The smallest absolute Gasteiger partial charge is 0.0192 e. The lowest BCUT2D eigenvalue weighted by atomic mass is 10.1. The van der Waals surface area contributed by atoms with Crippen LogP contribution in [-0.2, 0) is 0 Å². The van der Waals surface area contributed by atoms with E-state index in [2.05, 4.69) is 0 Å². The number of rotatable bonds is 0. The lowest BCUT2D eigenvalue weighted by molar-refractivity contribution is 0.500. The van der Waals surface area contributed by atoms with Crippen LogP contribution < -0.4 is 11.5 Å². The Morgan fingerprint density at radius 3 is 1.60 bits per heavy atom. The molecule has 3 heteroatoms. The molecule has 1 fully saturated rings. The molecule has 4 N–H and O–H groups in total. The Balaban J connectivity index is 0.000000810. The van der Waals surface area contributed by atoms with E-state index >= 15 is 0 Å². The van der Waals surface area contributed by atoms with E-state index in [9.17, 15) is 0 Å². The fraction of sp³-hybridized carbons (Fsp3) is 1.00. The van der Waals surface area contributed by atoms with Crippen LogP contribution in [0, 0.1) is 0 Å². The van der Waals surface area contributed by atoms with Gasteiger partial charge in [0.25, 0.3) is 0 Å². The molecule has 1 rings (SSSR count). The van der Waals surface area contributed by atoms with Crippen LogP contribution in [0.4, 0.5) is 0 Å². The van der Waals surface area contributed by atoms with Gasteiger partial charge in [-0.1, -0.05) is 19.3 Å². The van der Waals surface area contributed by atoms with Crippen LogP contribution >= 0.6 is 12.4 Å². The van der Waals surface area contributed by atoms with Gasteiger partial charge in [0.15, 0.2) is 0 Å².